The molecule has 3 aromatic rings. The molecule has 1 amide bonds. The number of hydrogen-bond donors (Lipinski definition) is 1. The van der Waals surface area contributed by atoms with E-state index in [9.17, 15) is 13.2 Å². The molecule has 0 saturated carbocycles. The molecular weight excluding hydrogens is 468 g/mol. The van der Waals surface area contributed by atoms with E-state index in [0.717, 1.165) is 21.2 Å². The third-order valence-corrected chi connectivity index (χ3v) is 7.88. The van der Waals surface area contributed by atoms with Gasteiger partial charge in [0.15, 0.2) is 0 Å². The van der Waals surface area contributed by atoms with Crippen molar-refractivity contribution in [3.8, 4) is 0 Å². The fourth-order valence-corrected chi connectivity index (χ4v) is 5.24. The minimum atomic E-state index is -3.96. The van der Waals surface area contributed by atoms with E-state index in [4.69, 9.17) is 16.0 Å². The first-order valence-electron chi connectivity index (χ1n) is 10.00. The molecule has 1 aromatic heterocycles. The fourth-order valence-electron chi connectivity index (χ4n) is 2.95. The Labute approximate surface area is 198 Å². The zero-order valence-corrected chi connectivity index (χ0v) is 20.3. The van der Waals surface area contributed by atoms with Crippen LogP contribution in [-0.4, -0.2) is 33.2 Å². The van der Waals surface area contributed by atoms with Gasteiger partial charge >= 0.3 is 0 Å². The number of thioether (sulfide) groups is 1. The molecule has 0 unspecified atom stereocenters. The minimum absolute atomic E-state index is 0.0712. The number of anilines is 1. The summed E-state index contributed by atoms with van der Waals surface area (Å²) >= 11 is 7.54. The first-order chi connectivity index (χ1) is 15.3. The molecule has 0 aliphatic rings. The molecule has 0 fully saturated rings. The van der Waals surface area contributed by atoms with Gasteiger partial charge in [0.05, 0.1) is 22.6 Å². The van der Waals surface area contributed by atoms with Crippen molar-refractivity contribution in [2.45, 2.75) is 24.5 Å². The molecule has 0 aliphatic carbocycles. The van der Waals surface area contributed by atoms with Crippen molar-refractivity contribution in [2.75, 3.05) is 23.1 Å². The lowest BCUT2D eigenvalue weighted by Gasteiger charge is -2.25. The van der Waals surface area contributed by atoms with Crippen LogP contribution in [0.25, 0.3) is 0 Å². The van der Waals surface area contributed by atoms with Crippen molar-refractivity contribution in [2.24, 2.45) is 0 Å². The van der Waals surface area contributed by atoms with E-state index < -0.39 is 10.0 Å². The van der Waals surface area contributed by atoms with Crippen molar-refractivity contribution in [3.63, 3.8) is 0 Å². The number of rotatable bonds is 10. The molecular formula is C23H25ClN2O4S2. The van der Waals surface area contributed by atoms with E-state index in [-0.39, 0.29) is 17.3 Å². The maximum Gasteiger partial charge on any atom is 0.264 e. The first kappa shape index (κ1) is 24.2. The van der Waals surface area contributed by atoms with Crippen molar-refractivity contribution < 1.29 is 17.6 Å². The summed E-state index contributed by atoms with van der Waals surface area (Å²) in [6.07, 6.45) is 1.63. The lowest BCUT2D eigenvalue weighted by molar-refractivity contribution is -0.119. The quantitative estimate of drug-likeness (QED) is 0.411. The highest BCUT2D eigenvalue weighted by Crippen LogP contribution is 2.26. The van der Waals surface area contributed by atoms with Crippen LogP contribution >= 0.6 is 23.4 Å². The lowest BCUT2D eigenvalue weighted by atomic mass is 10.1. The Bertz CT molecular complexity index is 1150. The summed E-state index contributed by atoms with van der Waals surface area (Å²) in [6.45, 7) is 3.95. The Morgan fingerprint density at radius 2 is 1.84 bits per heavy atom. The SMILES string of the molecule is Cc1ccc(N(CC(=O)NCCSCc2ccco2)S(=O)(=O)c2ccc(Cl)cc2)cc1C. The predicted molar refractivity (Wildman–Crippen MR) is 130 cm³/mol. The molecule has 1 N–H and O–H groups in total. The number of nitrogens with zero attached hydrogens (tertiary/aromatic N) is 1. The van der Waals surface area contributed by atoms with Crippen LogP contribution in [0.2, 0.25) is 5.02 Å². The van der Waals surface area contributed by atoms with Gasteiger partial charge < -0.3 is 9.73 Å². The van der Waals surface area contributed by atoms with E-state index in [2.05, 4.69) is 5.32 Å². The summed E-state index contributed by atoms with van der Waals surface area (Å²) < 4.78 is 33.2. The fraction of sp³-hybridized carbons (Fsp3) is 0.261. The second-order valence-electron chi connectivity index (χ2n) is 7.22. The highest BCUT2D eigenvalue weighted by molar-refractivity contribution is 7.98. The second kappa shape index (κ2) is 10.9. The average molecular weight is 493 g/mol. The van der Waals surface area contributed by atoms with Crippen LogP contribution in [0.15, 0.2) is 70.2 Å². The Morgan fingerprint density at radius 1 is 1.09 bits per heavy atom. The summed E-state index contributed by atoms with van der Waals surface area (Å²) in [7, 11) is -3.96. The molecule has 0 bridgehead atoms. The zero-order chi connectivity index (χ0) is 23.1. The van der Waals surface area contributed by atoms with Gasteiger partial charge in [-0.05, 0) is 73.5 Å². The van der Waals surface area contributed by atoms with Gasteiger partial charge in [-0.2, -0.15) is 11.8 Å². The molecule has 32 heavy (non-hydrogen) atoms. The Hall–Kier alpha value is -2.42. The highest BCUT2D eigenvalue weighted by atomic mass is 35.5. The van der Waals surface area contributed by atoms with Gasteiger partial charge in [0.2, 0.25) is 5.91 Å². The average Bonchev–Trinajstić information content (AvgIpc) is 3.27. The van der Waals surface area contributed by atoms with Crippen molar-refractivity contribution >= 4 is 45.0 Å². The molecule has 0 aliphatic heterocycles. The van der Waals surface area contributed by atoms with E-state index in [1.165, 1.54) is 24.3 Å². The van der Waals surface area contributed by atoms with Crippen molar-refractivity contribution in [1.29, 1.82) is 0 Å². The standard InChI is InChI=1S/C23H25ClN2O4S2/c1-17-5-8-20(14-18(17)2)26(32(28,29)22-9-6-19(24)7-10-22)15-23(27)25-11-13-31-16-21-4-3-12-30-21/h3-10,12,14H,11,13,15-16H2,1-2H3,(H,25,27). The van der Waals surface area contributed by atoms with E-state index >= 15 is 0 Å². The van der Waals surface area contributed by atoms with E-state index in [1.807, 2.05) is 32.0 Å². The summed E-state index contributed by atoms with van der Waals surface area (Å²) in [5.41, 5.74) is 2.41. The molecule has 9 heteroatoms. The summed E-state index contributed by atoms with van der Waals surface area (Å²) in [4.78, 5) is 12.7. The first-order valence-corrected chi connectivity index (χ1v) is 13.0. The van der Waals surface area contributed by atoms with Gasteiger partial charge in [-0.1, -0.05) is 17.7 Å². The Kier molecular flexibility index (Phi) is 8.28. The van der Waals surface area contributed by atoms with Crippen LogP contribution in [0, 0.1) is 13.8 Å². The van der Waals surface area contributed by atoms with E-state index in [1.54, 1.807) is 30.2 Å². The minimum Gasteiger partial charge on any atom is -0.468 e. The maximum absolute atomic E-state index is 13.4. The van der Waals surface area contributed by atoms with Crippen LogP contribution in [-0.2, 0) is 20.6 Å². The molecule has 2 aromatic carbocycles. The topological polar surface area (TPSA) is 79.6 Å². The van der Waals surface area contributed by atoms with Gasteiger partial charge in [-0.25, -0.2) is 8.42 Å². The summed E-state index contributed by atoms with van der Waals surface area (Å²) in [6, 6.07) is 15.0. The molecule has 0 spiro atoms. The number of sulfonamides is 1. The zero-order valence-electron chi connectivity index (χ0n) is 17.9. The molecule has 0 radical (unpaired) electrons. The summed E-state index contributed by atoms with van der Waals surface area (Å²) in [5, 5.41) is 3.24. The number of hydrogen-bond acceptors (Lipinski definition) is 5. The number of benzene rings is 2. The second-order valence-corrected chi connectivity index (χ2v) is 10.6. The largest absolute Gasteiger partial charge is 0.468 e. The highest BCUT2D eigenvalue weighted by Gasteiger charge is 2.27. The van der Waals surface area contributed by atoms with Gasteiger partial charge in [0.25, 0.3) is 10.0 Å². The third-order valence-electron chi connectivity index (χ3n) is 4.86. The Morgan fingerprint density at radius 3 is 2.50 bits per heavy atom. The van der Waals surface area contributed by atoms with Gasteiger partial charge in [0.1, 0.15) is 12.3 Å². The van der Waals surface area contributed by atoms with Crippen LogP contribution in [0.4, 0.5) is 5.69 Å². The molecule has 1 heterocycles. The Balaban J connectivity index is 1.71. The van der Waals surface area contributed by atoms with Crippen molar-refractivity contribution in [1.82, 2.24) is 5.32 Å². The van der Waals surface area contributed by atoms with Crippen LogP contribution in [0.5, 0.6) is 0 Å². The number of nitrogens with one attached hydrogen (secondary N) is 1. The number of halogens is 1. The third kappa shape index (κ3) is 6.31. The lowest BCUT2D eigenvalue weighted by Crippen LogP contribution is -2.41. The van der Waals surface area contributed by atoms with Crippen LogP contribution in [0.3, 0.4) is 0 Å². The normalized spacial score (nSPS) is 11.3. The predicted octanol–water partition coefficient (Wildman–Crippen LogP) is 4.79. The van der Waals surface area contributed by atoms with Crippen molar-refractivity contribution in [3.05, 3.63) is 82.8 Å². The molecule has 6 nitrogen and oxygen atoms in total. The van der Waals surface area contributed by atoms with Gasteiger partial charge in [0, 0.05) is 17.3 Å². The molecule has 3 rings (SSSR count). The smallest absolute Gasteiger partial charge is 0.264 e. The molecule has 0 saturated heterocycles. The van der Waals surface area contributed by atoms with Gasteiger partial charge in [-0.15, -0.1) is 0 Å². The monoisotopic (exact) mass is 492 g/mol. The summed E-state index contributed by atoms with van der Waals surface area (Å²) in [5.74, 6) is 1.89. The maximum atomic E-state index is 13.4. The van der Waals surface area contributed by atoms with Gasteiger partial charge in [-0.3, -0.25) is 9.10 Å². The number of furan rings is 1. The number of aryl methyl sites for hydroxylation is 2. The number of carbonyl (C=O) groups is 1. The molecule has 0 atom stereocenters. The molecule has 170 valence electrons. The number of amides is 1. The van der Waals surface area contributed by atoms with E-state index in [0.29, 0.717) is 28.8 Å². The number of carbonyl (C=O) groups excluding carboxylic acids is 1. The van der Waals surface area contributed by atoms with Crippen LogP contribution < -0.4 is 9.62 Å². The van der Waals surface area contributed by atoms with Crippen LogP contribution in [0.1, 0.15) is 16.9 Å².